The molecule has 1 aromatic rings. The molecule has 0 fully saturated rings. The van der Waals surface area contributed by atoms with Crippen molar-refractivity contribution in [3.63, 3.8) is 0 Å². The standard InChI is InChI=1S/C17H32N4/c1-8-10-18-15-13(5)16(19-11-17(6,7)9-2)21-14(20-15)12(3)4/h12H,8-11H2,1-7H3,(H2,18,19,20,21). The van der Waals surface area contributed by atoms with Gasteiger partial charge in [-0.05, 0) is 25.2 Å². The number of hydrogen-bond acceptors (Lipinski definition) is 4. The molecule has 0 aliphatic heterocycles. The number of nitrogens with zero attached hydrogens (tertiary/aromatic N) is 2. The van der Waals surface area contributed by atoms with Gasteiger partial charge >= 0.3 is 0 Å². The van der Waals surface area contributed by atoms with Gasteiger partial charge in [0.05, 0.1) is 0 Å². The molecule has 0 atom stereocenters. The third-order valence-corrected chi connectivity index (χ3v) is 3.91. The Hall–Kier alpha value is -1.32. The highest BCUT2D eigenvalue weighted by Crippen LogP contribution is 2.25. The van der Waals surface area contributed by atoms with Gasteiger partial charge in [-0.2, -0.15) is 0 Å². The smallest absolute Gasteiger partial charge is 0.135 e. The van der Waals surface area contributed by atoms with Gasteiger partial charge < -0.3 is 10.6 Å². The Bertz CT molecular complexity index is 452. The van der Waals surface area contributed by atoms with E-state index in [0.29, 0.717) is 5.92 Å². The van der Waals surface area contributed by atoms with Crippen LogP contribution in [0, 0.1) is 12.3 Å². The van der Waals surface area contributed by atoms with Crippen LogP contribution in [0.15, 0.2) is 0 Å². The second-order valence-corrected chi connectivity index (χ2v) is 6.86. The van der Waals surface area contributed by atoms with Crippen molar-refractivity contribution in [2.75, 3.05) is 23.7 Å². The molecule has 120 valence electrons. The van der Waals surface area contributed by atoms with Crippen LogP contribution in [0.2, 0.25) is 0 Å². The highest BCUT2D eigenvalue weighted by atomic mass is 15.1. The maximum absolute atomic E-state index is 4.72. The molecule has 4 heteroatoms. The third kappa shape index (κ3) is 5.18. The van der Waals surface area contributed by atoms with Crippen LogP contribution in [0.25, 0.3) is 0 Å². The maximum Gasteiger partial charge on any atom is 0.135 e. The summed E-state index contributed by atoms with van der Waals surface area (Å²) < 4.78 is 0. The molecule has 0 aromatic carbocycles. The lowest BCUT2D eigenvalue weighted by Crippen LogP contribution is -2.23. The predicted octanol–water partition coefficient (Wildman–Crippen LogP) is 4.58. The molecular weight excluding hydrogens is 260 g/mol. The molecule has 4 nitrogen and oxygen atoms in total. The van der Waals surface area contributed by atoms with Gasteiger partial charge in [0.2, 0.25) is 0 Å². The summed E-state index contributed by atoms with van der Waals surface area (Å²) in [5, 5.41) is 6.94. The number of hydrogen-bond donors (Lipinski definition) is 2. The van der Waals surface area contributed by atoms with Crippen LogP contribution >= 0.6 is 0 Å². The number of nitrogens with one attached hydrogen (secondary N) is 2. The summed E-state index contributed by atoms with van der Waals surface area (Å²) in [5.74, 6) is 3.16. The Kier molecular flexibility index (Phi) is 6.43. The molecule has 1 aromatic heterocycles. The summed E-state index contributed by atoms with van der Waals surface area (Å²) in [6.07, 6.45) is 2.23. The maximum atomic E-state index is 4.72. The highest BCUT2D eigenvalue weighted by Gasteiger charge is 2.17. The molecule has 0 unspecified atom stereocenters. The van der Waals surface area contributed by atoms with Crippen LogP contribution in [-0.2, 0) is 0 Å². The van der Waals surface area contributed by atoms with Crippen molar-refractivity contribution < 1.29 is 0 Å². The molecule has 0 spiro atoms. The second-order valence-electron chi connectivity index (χ2n) is 6.86. The zero-order valence-electron chi connectivity index (χ0n) is 14.8. The van der Waals surface area contributed by atoms with Crippen LogP contribution in [-0.4, -0.2) is 23.1 Å². The van der Waals surface area contributed by atoms with Crippen LogP contribution in [0.1, 0.15) is 71.7 Å². The third-order valence-electron chi connectivity index (χ3n) is 3.91. The zero-order valence-corrected chi connectivity index (χ0v) is 14.8. The van der Waals surface area contributed by atoms with E-state index in [1.807, 2.05) is 0 Å². The van der Waals surface area contributed by atoms with Gasteiger partial charge in [0, 0.05) is 24.6 Å². The Labute approximate surface area is 130 Å². The van der Waals surface area contributed by atoms with E-state index >= 15 is 0 Å². The summed E-state index contributed by atoms with van der Waals surface area (Å²) in [5.41, 5.74) is 1.38. The number of rotatable bonds is 8. The topological polar surface area (TPSA) is 49.8 Å². The quantitative estimate of drug-likeness (QED) is 0.736. The van der Waals surface area contributed by atoms with E-state index in [1.165, 1.54) is 0 Å². The molecule has 0 amide bonds. The Balaban J connectivity index is 3.02. The molecule has 0 aliphatic carbocycles. The van der Waals surface area contributed by atoms with Crippen molar-refractivity contribution in [3.05, 3.63) is 11.4 Å². The summed E-state index contributed by atoms with van der Waals surface area (Å²) in [6.45, 7) is 17.1. The zero-order chi connectivity index (χ0) is 16.0. The van der Waals surface area contributed by atoms with Gasteiger partial charge in [-0.3, -0.25) is 0 Å². The lowest BCUT2D eigenvalue weighted by molar-refractivity contribution is 0.376. The van der Waals surface area contributed by atoms with Crippen molar-refractivity contribution in [2.45, 2.75) is 67.2 Å². The van der Waals surface area contributed by atoms with Gasteiger partial charge in [0.15, 0.2) is 0 Å². The Morgan fingerprint density at radius 1 is 1.05 bits per heavy atom. The van der Waals surface area contributed by atoms with E-state index in [4.69, 9.17) is 4.98 Å². The molecule has 0 radical (unpaired) electrons. The van der Waals surface area contributed by atoms with Crippen LogP contribution in [0.4, 0.5) is 11.6 Å². The molecule has 0 bridgehead atoms. The van der Waals surface area contributed by atoms with Crippen LogP contribution in [0.3, 0.4) is 0 Å². The van der Waals surface area contributed by atoms with Gasteiger partial charge in [-0.25, -0.2) is 9.97 Å². The molecule has 0 saturated carbocycles. The van der Waals surface area contributed by atoms with Crippen molar-refractivity contribution >= 4 is 11.6 Å². The van der Waals surface area contributed by atoms with Gasteiger partial charge in [-0.1, -0.05) is 41.5 Å². The minimum atomic E-state index is 0.270. The molecule has 2 N–H and O–H groups in total. The molecule has 0 aliphatic rings. The van der Waals surface area contributed by atoms with E-state index in [0.717, 1.165) is 49.0 Å². The second kappa shape index (κ2) is 7.62. The average molecular weight is 292 g/mol. The number of anilines is 2. The molecule has 1 heterocycles. The first-order chi connectivity index (χ1) is 9.80. The molecule has 0 saturated heterocycles. The average Bonchev–Trinajstić information content (AvgIpc) is 2.44. The molecular formula is C17H32N4. The summed E-state index contributed by atoms with van der Waals surface area (Å²) in [7, 11) is 0. The first-order valence-electron chi connectivity index (χ1n) is 8.17. The minimum absolute atomic E-state index is 0.270. The predicted molar refractivity (Wildman–Crippen MR) is 92.2 cm³/mol. The van der Waals surface area contributed by atoms with E-state index in [9.17, 15) is 0 Å². The van der Waals surface area contributed by atoms with E-state index in [-0.39, 0.29) is 5.41 Å². The first-order valence-corrected chi connectivity index (χ1v) is 8.17. The number of aromatic nitrogens is 2. The SMILES string of the molecule is CCCNc1nc(C(C)C)nc(NCC(C)(C)CC)c1C. The fourth-order valence-electron chi connectivity index (χ4n) is 1.83. The van der Waals surface area contributed by atoms with Crippen molar-refractivity contribution in [2.24, 2.45) is 5.41 Å². The Morgan fingerprint density at radius 2 is 1.62 bits per heavy atom. The Morgan fingerprint density at radius 3 is 2.10 bits per heavy atom. The monoisotopic (exact) mass is 292 g/mol. The lowest BCUT2D eigenvalue weighted by Gasteiger charge is -2.24. The van der Waals surface area contributed by atoms with E-state index in [1.54, 1.807) is 0 Å². The molecule has 1 rings (SSSR count). The largest absolute Gasteiger partial charge is 0.370 e. The van der Waals surface area contributed by atoms with Crippen molar-refractivity contribution in [1.29, 1.82) is 0 Å². The normalized spacial score (nSPS) is 11.8. The summed E-state index contributed by atoms with van der Waals surface area (Å²) in [6, 6.07) is 0. The fourth-order valence-corrected chi connectivity index (χ4v) is 1.83. The highest BCUT2D eigenvalue weighted by molar-refractivity contribution is 5.57. The van der Waals surface area contributed by atoms with Crippen molar-refractivity contribution in [1.82, 2.24) is 9.97 Å². The van der Waals surface area contributed by atoms with Gasteiger partial charge in [0.25, 0.3) is 0 Å². The van der Waals surface area contributed by atoms with Gasteiger partial charge in [0.1, 0.15) is 17.5 Å². The van der Waals surface area contributed by atoms with E-state index < -0.39 is 0 Å². The fraction of sp³-hybridized carbons (Fsp3) is 0.765. The van der Waals surface area contributed by atoms with Crippen LogP contribution < -0.4 is 10.6 Å². The summed E-state index contributed by atoms with van der Waals surface area (Å²) in [4.78, 5) is 9.39. The van der Waals surface area contributed by atoms with Crippen molar-refractivity contribution in [3.8, 4) is 0 Å². The van der Waals surface area contributed by atoms with E-state index in [2.05, 4.69) is 64.1 Å². The van der Waals surface area contributed by atoms with Gasteiger partial charge in [-0.15, -0.1) is 0 Å². The lowest BCUT2D eigenvalue weighted by atomic mass is 9.90. The molecule has 21 heavy (non-hydrogen) atoms. The minimum Gasteiger partial charge on any atom is -0.370 e. The summed E-state index contributed by atoms with van der Waals surface area (Å²) >= 11 is 0. The van der Waals surface area contributed by atoms with Crippen LogP contribution in [0.5, 0.6) is 0 Å². The first kappa shape index (κ1) is 17.7.